The van der Waals surface area contributed by atoms with Crippen molar-refractivity contribution in [1.29, 1.82) is 0 Å². The number of halogens is 1. The van der Waals surface area contributed by atoms with Gasteiger partial charge in [-0.15, -0.1) is 0 Å². The maximum Gasteiger partial charge on any atom is 0.408 e. The number of nitrogens with zero attached hydrogens (tertiary/aromatic N) is 1. The Labute approximate surface area is 274 Å². The standard InChI is InChI=1S/C35H52ClN3O4S/c1-9-10-11-12-13-14-21-39(33(41)29(20-22-44-8)37-34(42)43-35(5,6)7)31(27-23-24(2)18-19-25(27)3)32(40)38-30-26(4)16-15-17-28(30)36/h15-19,23,29,31H,9-14,20-22H2,1-8H3,(H,37,42)(H,38,40). The first-order valence-corrected chi connectivity index (χ1v) is 17.5. The second-order valence-electron chi connectivity index (χ2n) is 12.5. The minimum Gasteiger partial charge on any atom is -0.444 e. The summed E-state index contributed by atoms with van der Waals surface area (Å²) in [6, 6.07) is 9.60. The van der Waals surface area contributed by atoms with Crippen LogP contribution in [0.2, 0.25) is 5.02 Å². The van der Waals surface area contributed by atoms with Crippen molar-refractivity contribution in [3.05, 3.63) is 63.7 Å². The zero-order chi connectivity index (χ0) is 32.9. The SMILES string of the molecule is CCCCCCCCN(C(=O)C(CCSC)NC(=O)OC(C)(C)C)C(C(=O)Nc1c(C)cccc1Cl)c1cc(C)ccc1C. The predicted molar refractivity (Wildman–Crippen MR) is 185 cm³/mol. The molecule has 7 nitrogen and oxygen atoms in total. The molecule has 44 heavy (non-hydrogen) atoms. The molecule has 2 aromatic rings. The van der Waals surface area contributed by atoms with Gasteiger partial charge in [0.1, 0.15) is 17.7 Å². The Hall–Kier alpha value is -2.71. The lowest BCUT2D eigenvalue weighted by Crippen LogP contribution is -2.53. The monoisotopic (exact) mass is 645 g/mol. The molecule has 0 radical (unpaired) electrons. The molecule has 2 rings (SSSR count). The van der Waals surface area contributed by atoms with Gasteiger partial charge in [-0.25, -0.2) is 4.79 Å². The number of anilines is 1. The van der Waals surface area contributed by atoms with E-state index in [4.69, 9.17) is 16.3 Å². The van der Waals surface area contributed by atoms with Crippen molar-refractivity contribution < 1.29 is 19.1 Å². The van der Waals surface area contributed by atoms with Crippen LogP contribution in [-0.2, 0) is 14.3 Å². The molecule has 0 aromatic heterocycles. The van der Waals surface area contributed by atoms with Crippen molar-refractivity contribution in [1.82, 2.24) is 10.2 Å². The molecule has 0 aliphatic heterocycles. The van der Waals surface area contributed by atoms with Crippen LogP contribution >= 0.6 is 23.4 Å². The van der Waals surface area contributed by atoms with Crippen molar-refractivity contribution in [2.75, 3.05) is 23.9 Å². The number of unbranched alkanes of at least 4 members (excludes halogenated alkanes) is 5. The van der Waals surface area contributed by atoms with Crippen molar-refractivity contribution in [3.63, 3.8) is 0 Å². The number of nitrogens with one attached hydrogen (secondary N) is 2. The summed E-state index contributed by atoms with van der Waals surface area (Å²) in [5.41, 5.74) is 3.25. The van der Waals surface area contributed by atoms with E-state index in [0.29, 0.717) is 29.4 Å². The highest BCUT2D eigenvalue weighted by Gasteiger charge is 2.37. The largest absolute Gasteiger partial charge is 0.444 e. The molecular weight excluding hydrogens is 594 g/mol. The molecule has 2 aromatic carbocycles. The molecule has 0 aliphatic rings. The van der Waals surface area contributed by atoms with Gasteiger partial charge in [0.15, 0.2) is 0 Å². The third-order valence-electron chi connectivity index (χ3n) is 7.39. The highest BCUT2D eigenvalue weighted by molar-refractivity contribution is 7.98. The van der Waals surface area contributed by atoms with Gasteiger partial charge < -0.3 is 20.3 Å². The van der Waals surface area contributed by atoms with E-state index in [2.05, 4.69) is 17.6 Å². The van der Waals surface area contributed by atoms with Gasteiger partial charge >= 0.3 is 6.09 Å². The number of carbonyl (C=O) groups excluding carboxylic acids is 3. The van der Waals surface area contributed by atoms with Gasteiger partial charge in [-0.05, 0) is 89.1 Å². The van der Waals surface area contributed by atoms with Gasteiger partial charge in [0.2, 0.25) is 5.91 Å². The van der Waals surface area contributed by atoms with Crippen LogP contribution in [-0.4, -0.2) is 53.0 Å². The molecule has 0 spiro atoms. The number of benzene rings is 2. The van der Waals surface area contributed by atoms with Crippen molar-refractivity contribution in [2.45, 2.75) is 111 Å². The molecule has 2 N–H and O–H groups in total. The molecule has 0 saturated carbocycles. The lowest BCUT2D eigenvalue weighted by atomic mass is 9.95. The normalized spacial score (nSPS) is 12.8. The van der Waals surface area contributed by atoms with E-state index < -0.39 is 23.8 Å². The van der Waals surface area contributed by atoms with E-state index in [-0.39, 0.29) is 11.8 Å². The Balaban J connectivity index is 2.60. The number of hydrogen-bond acceptors (Lipinski definition) is 5. The van der Waals surface area contributed by atoms with Gasteiger partial charge in [-0.3, -0.25) is 9.59 Å². The Bertz CT molecular complexity index is 1230. The van der Waals surface area contributed by atoms with E-state index in [0.717, 1.165) is 54.4 Å². The average Bonchev–Trinajstić information content (AvgIpc) is 2.94. The number of rotatable bonds is 16. The van der Waals surface area contributed by atoms with Crippen LogP contribution in [0.3, 0.4) is 0 Å². The molecular formula is C35H52ClN3O4S. The van der Waals surface area contributed by atoms with Crippen LogP contribution in [0.1, 0.15) is 101 Å². The fourth-order valence-electron chi connectivity index (χ4n) is 5.06. The van der Waals surface area contributed by atoms with E-state index in [1.807, 2.05) is 57.4 Å². The number of alkyl carbamates (subject to hydrolysis) is 1. The lowest BCUT2D eigenvalue weighted by molar-refractivity contribution is -0.141. The van der Waals surface area contributed by atoms with Crippen molar-refractivity contribution >= 4 is 47.0 Å². The van der Waals surface area contributed by atoms with Gasteiger partial charge in [0.25, 0.3) is 5.91 Å². The van der Waals surface area contributed by atoms with Crippen LogP contribution in [0.5, 0.6) is 0 Å². The molecule has 0 bridgehead atoms. The second-order valence-corrected chi connectivity index (χ2v) is 13.9. The molecule has 3 amide bonds. The topological polar surface area (TPSA) is 87.7 Å². The fourth-order valence-corrected chi connectivity index (χ4v) is 5.80. The zero-order valence-corrected chi connectivity index (χ0v) is 29.4. The molecule has 2 unspecified atom stereocenters. The first-order chi connectivity index (χ1) is 20.8. The third-order valence-corrected chi connectivity index (χ3v) is 8.35. The minimum atomic E-state index is -0.939. The summed E-state index contributed by atoms with van der Waals surface area (Å²) >= 11 is 8.12. The molecule has 0 saturated heterocycles. The first kappa shape index (κ1) is 37.5. The number of para-hydroxylation sites is 1. The van der Waals surface area contributed by atoms with E-state index in [1.165, 1.54) is 6.42 Å². The summed E-state index contributed by atoms with van der Waals surface area (Å²) in [5, 5.41) is 6.31. The van der Waals surface area contributed by atoms with E-state index in [9.17, 15) is 14.4 Å². The highest BCUT2D eigenvalue weighted by atomic mass is 35.5. The summed E-state index contributed by atoms with van der Waals surface area (Å²) in [5.74, 6) is -0.0125. The van der Waals surface area contributed by atoms with Gasteiger partial charge in [-0.1, -0.05) is 86.5 Å². The molecule has 244 valence electrons. The number of carbonyl (C=O) groups is 3. The van der Waals surface area contributed by atoms with E-state index >= 15 is 0 Å². The Morgan fingerprint density at radius 2 is 1.66 bits per heavy atom. The molecule has 0 fully saturated rings. The van der Waals surface area contributed by atoms with Crippen molar-refractivity contribution in [2.24, 2.45) is 0 Å². The number of aryl methyl sites for hydroxylation is 3. The quantitative estimate of drug-likeness (QED) is 0.178. The van der Waals surface area contributed by atoms with Crippen molar-refractivity contribution in [3.8, 4) is 0 Å². The van der Waals surface area contributed by atoms with Crippen LogP contribution in [0.25, 0.3) is 0 Å². The summed E-state index contributed by atoms with van der Waals surface area (Å²) < 4.78 is 5.53. The minimum absolute atomic E-state index is 0.310. The second kappa shape index (κ2) is 18.3. The first-order valence-electron chi connectivity index (χ1n) is 15.7. The Morgan fingerprint density at radius 3 is 2.30 bits per heavy atom. The molecule has 9 heteroatoms. The average molecular weight is 646 g/mol. The maximum absolute atomic E-state index is 14.6. The lowest BCUT2D eigenvalue weighted by Gasteiger charge is -2.35. The predicted octanol–water partition coefficient (Wildman–Crippen LogP) is 8.78. The smallest absolute Gasteiger partial charge is 0.408 e. The fraction of sp³-hybridized carbons (Fsp3) is 0.571. The van der Waals surface area contributed by atoms with Gasteiger partial charge in [0.05, 0.1) is 10.7 Å². The van der Waals surface area contributed by atoms with Crippen LogP contribution < -0.4 is 10.6 Å². The van der Waals surface area contributed by atoms with E-state index in [1.54, 1.807) is 43.5 Å². The Kier molecular flexibility index (Phi) is 15.6. The number of hydrogen-bond donors (Lipinski definition) is 2. The number of thioether (sulfide) groups is 1. The van der Waals surface area contributed by atoms with Gasteiger partial charge in [0, 0.05) is 6.54 Å². The summed E-state index contributed by atoms with van der Waals surface area (Å²) in [4.78, 5) is 43.5. The van der Waals surface area contributed by atoms with Crippen LogP contribution in [0.4, 0.5) is 10.5 Å². The molecule has 2 atom stereocenters. The zero-order valence-electron chi connectivity index (χ0n) is 27.8. The Morgan fingerprint density at radius 1 is 0.977 bits per heavy atom. The summed E-state index contributed by atoms with van der Waals surface area (Å²) in [6.07, 6.45) is 7.88. The number of amides is 3. The third kappa shape index (κ3) is 12.0. The number of ether oxygens (including phenoxy) is 1. The summed E-state index contributed by atoms with van der Waals surface area (Å²) in [7, 11) is 0. The van der Waals surface area contributed by atoms with Crippen LogP contribution in [0.15, 0.2) is 36.4 Å². The summed E-state index contributed by atoms with van der Waals surface area (Å²) in [6.45, 7) is 13.7. The van der Waals surface area contributed by atoms with Crippen LogP contribution in [0, 0.1) is 20.8 Å². The molecule has 0 heterocycles. The molecule has 0 aliphatic carbocycles. The highest BCUT2D eigenvalue weighted by Crippen LogP contribution is 2.32. The maximum atomic E-state index is 14.6. The van der Waals surface area contributed by atoms with Gasteiger partial charge in [-0.2, -0.15) is 11.8 Å².